The summed E-state index contributed by atoms with van der Waals surface area (Å²) in [5, 5.41) is 0.105. The van der Waals surface area contributed by atoms with Gasteiger partial charge in [0.2, 0.25) is 0 Å². The molecule has 1 aromatic carbocycles. The number of benzene rings is 1. The van der Waals surface area contributed by atoms with Crippen LogP contribution in [0.3, 0.4) is 0 Å². The van der Waals surface area contributed by atoms with Crippen molar-refractivity contribution in [1.82, 2.24) is 0 Å². The van der Waals surface area contributed by atoms with Crippen molar-refractivity contribution < 1.29 is 17.4 Å². The Kier molecular flexibility index (Phi) is 5.10. The Balaban J connectivity index is 2.37. The van der Waals surface area contributed by atoms with E-state index in [1.807, 2.05) is 13.0 Å². The van der Waals surface area contributed by atoms with Gasteiger partial charge >= 0.3 is 0 Å². The van der Waals surface area contributed by atoms with Crippen LogP contribution in [0.15, 0.2) is 23.1 Å². The van der Waals surface area contributed by atoms with Crippen LogP contribution in [0, 0.1) is 6.92 Å². The molecule has 0 amide bonds. The van der Waals surface area contributed by atoms with Gasteiger partial charge in [0.25, 0.3) is 10.1 Å². The van der Waals surface area contributed by atoms with Crippen molar-refractivity contribution in [1.29, 1.82) is 0 Å². The van der Waals surface area contributed by atoms with Crippen molar-refractivity contribution in [3.05, 3.63) is 29.3 Å². The predicted molar refractivity (Wildman–Crippen MR) is 99.6 cm³/mol. The van der Waals surface area contributed by atoms with E-state index >= 15 is 0 Å². The molecule has 1 aliphatic rings. The van der Waals surface area contributed by atoms with Crippen molar-refractivity contribution in [2.24, 2.45) is 0 Å². The molecule has 0 radical (unpaired) electrons. The molecule has 0 bridgehead atoms. The van der Waals surface area contributed by atoms with Gasteiger partial charge in [0.15, 0.2) is 8.32 Å². The number of hydrogen-bond donors (Lipinski definition) is 1. The molecule has 4 nitrogen and oxygen atoms in total. The van der Waals surface area contributed by atoms with Gasteiger partial charge in [-0.15, -0.1) is 0 Å². The maximum Gasteiger partial charge on any atom is 0.294 e. The SMILES string of the molecule is Cc1ccc(S(=O)(=O)O)c(CC2(O[Si](C)(C)C(C)(C)C)CCC2)c1. The molecular weight excluding hydrogens is 340 g/mol. The summed E-state index contributed by atoms with van der Waals surface area (Å²) in [6.45, 7) is 13.0. The van der Waals surface area contributed by atoms with Gasteiger partial charge in [0.1, 0.15) is 0 Å². The molecule has 0 heterocycles. The minimum absolute atomic E-state index is 0.0122. The van der Waals surface area contributed by atoms with Gasteiger partial charge < -0.3 is 4.43 Å². The zero-order valence-corrected chi connectivity index (χ0v) is 17.5. The molecule has 0 aliphatic heterocycles. The molecule has 1 aromatic rings. The molecule has 1 saturated carbocycles. The van der Waals surface area contributed by atoms with Crippen LogP contribution in [-0.2, 0) is 21.0 Å². The highest BCUT2D eigenvalue weighted by Crippen LogP contribution is 2.47. The fourth-order valence-electron chi connectivity index (χ4n) is 3.03. The third kappa shape index (κ3) is 4.10. The van der Waals surface area contributed by atoms with Crippen LogP contribution in [-0.4, -0.2) is 26.9 Å². The van der Waals surface area contributed by atoms with Gasteiger partial charge in [-0.2, -0.15) is 8.42 Å². The van der Waals surface area contributed by atoms with Gasteiger partial charge in [-0.3, -0.25) is 4.55 Å². The molecule has 0 spiro atoms. The third-order valence-electron chi connectivity index (χ3n) is 5.55. The first-order chi connectivity index (χ1) is 10.8. The van der Waals surface area contributed by atoms with E-state index in [1.165, 1.54) is 6.07 Å². The second-order valence-corrected chi connectivity index (χ2v) is 14.8. The quantitative estimate of drug-likeness (QED) is 0.601. The maximum atomic E-state index is 11.7. The van der Waals surface area contributed by atoms with Gasteiger partial charge in [-0.1, -0.05) is 38.5 Å². The van der Waals surface area contributed by atoms with E-state index in [0.29, 0.717) is 12.0 Å². The van der Waals surface area contributed by atoms with E-state index in [4.69, 9.17) is 4.43 Å². The molecule has 6 heteroatoms. The molecule has 136 valence electrons. The topological polar surface area (TPSA) is 63.6 Å². The molecule has 0 atom stereocenters. The molecule has 0 unspecified atom stereocenters. The number of aryl methyl sites for hydroxylation is 1. The van der Waals surface area contributed by atoms with Gasteiger partial charge in [-0.25, -0.2) is 0 Å². The second kappa shape index (κ2) is 6.23. The van der Waals surface area contributed by atoms with Crippen molar-refractivity contribution >= 4 is 18.4 Å². The Morgan fingerprint density at radius 2 is 1.83 bits per heavy atom. The summed E-state index contributed by atoms with van der Waals surface area (Å²) in [4.78, 5) is 0.0122. The van der Waals surface area contributed by atoms with Crippen LogP contribution in [0.5, 0.6) is 0 Å². The van der Waals surface area contributed by atoms with Crippen LogP contribution in [0.25, 0.3) is 0 Å². The highest BCUT2D eigenvalue weighted by atomic mass is 32.2. The maximum absolute atomic E-state index is 11.7. The van der Waals surface area contributed by atoms with Crippen LogP contribution >= 0.6 is 0 Å². The summed E-state index contributed by atoms with van der Waals surface area (Å²) < 4.78 is 39.7. The van der Waals surface area contributed by atoms with Crippen molar-refractivity contribution in [3.8, 4) is 0 Å². The Bertz CT molecular complexity index is 713. The van der Waals surface area contributed by atoms with Crippen LogP contribution < -0.4 is 0 Å². The monoisotopic (exact) mass is 370 g/mol. The standard InChI is InChI=1S/C18H30O4SSi/c1-14-8-9-16(23(19,20)21)15(12-14)13-18(10-7-11-18)22-24(5,6)17(2,3)4/h8-9,12H,7,10-11,13H2,1-6H3,(H,19,20,21). The summed E-state index contributed by atoms with van der Waals surface area (Å²) in [7, 11) is -6.18. The van der Waals surface area contributed by atoms with Gasteiger partial charge in [-0.05, 0) is 55.9 Å². The zero-order valence-electron chi connectivity index (χ0n) is 15.6. The Morgan fingerprint density at radius 3 is 2.25 bits per heavy atom. The van der Waals surface area contributed by atoms with Crippen molar-refractivity contribution in [2.45, 2.75) is 82.0 Å². The highest BCUT2D eigenvalue weighted by Gasteiger charge is 2.48. The third-order valence-corrected chi connectivity index (χ3v) is 11.1. The lowest BCUT2D eigenvalue weighted by atomic mass is 9.76. The van der Waals surface area contributed by atoms with Crippen molar-refractivity contribution in [3.63, 3.8) is 0 Å². The summed E-state index contributed by atoms with van der Waals surface area (Å²) in [6, 6.07) is 5.08. The Hall–Kier alpha value is -0.693. The predicted octanol–water partition coefficient (Wildman–Crippen LogP) is 4.73. The normalized spacial score (nSPS) is 18.3. The van der Waals surface area contributed by atoms with E-state index in [2.05, 4.69) is 33.9 Å². The molecule has 0 saturated heterocycles. The van der Waals surface area contributed by atoms with Crippen LogP contribution in [0.4, 0.5) is 0 Å². The van der Waals surface area contributed by atoms with Crippen LogP contribution in [0.2, 0.25) is 18.1 Å². The first kappa shape index (κ1) is 19.6. The average Bonchev–Trinajstić information content (AvgIpc) is 2.32. The van der Waals surface area contributed by atoms with Crippen LogP contribution in [0.1, 0.15) is 51.2 Å². The lowest BCUT2D eigenvalue weighted by Crippen LogP contribution is -2.54. The second-order valence-electron chi connectivity index (χ2n) is 8.66. The van der Waals surface area contributed by atoms with Gasteiger partial charge in [0.05, 0.1) is 10.5 Å². The minimum atomic E-state index is -4.22. The molecule has 24 heavy (non-hydrogen) atoms. The highest BCUT2D eigenvalue weighted by molar-refractivity contribution is 7.85. The van der Waals surface area contributed by atoms with E-state index in [0.717, 1.165) is 24.8 Å². The molecule has 0 aromatic heterocycles. The Labute approximate surface area is 147 Å². The first-order valence-electron chi connectivity index (χ1n) is 8.53. The van der Waals surface area contributed by atoms with E-state index < -0.39 is 18.4 Å². The fraction of sp³-hybridized carbons (Fsp3) is 0.667. The lowest BCUT2D eigenvalue weighted by Gasteiger charge is -2.50. The molecule has 1 aliphatic carbocycles. The lowest BCUT2D eigenvalue weighted by molar-refractivity contribution is -0.0199. The molecule has 2 rings (SSSR count). The number of hydrogen-bond acceptors (Lipinski definition) is 3. The summed E-state index contributed by atoms with van der Waals surface area (Å²) in [5.41, 5.74) is 1.35. The van der Waals surface area contributed by atoms with E-state index in [-0.39, 0.29) is 15.5 Å². The fourth-order valence-corrected chi connectivity index (χ4v) is 5.39. The molecule has 1 N–H and O–H groups in total. The molecular formula is C18H30O4SSi. The minimum Gasteiger partial charge on any atom is -0.411 e. The Morgan fingerprint density at radius 1 is 1.25 bits per heavy atom. The van der Waals surface area contributed by atoms with E-state index in [9.17, 15) is 13.0 Å². The van der Waals surface area contributed by atoms with E-state index in [1.54, 1.807) is 6.07 Å². The largest absolute Gasteiger partial charge is 0.411 e. The summed E-state index contributed by atoms with van der Waals surface area (Å²) in [5.74, 6) is 0. The summed E-state index contributed by atoms with van der Waals surface area (Å²) >= 11 is 0. The van der Waals surface area contributed by atoms with Gasteiger partial charge in [0, 0.05) is 6.42 Å². The molecule has 1 fully saturated rings. The summed E-state index contributed by atoms with van der Waals surface area (Å²) in [6.07, 6.45) is 3.52. The van der Waals surface area contributed by atoms with Crippen molar-refractivity contribution in [2.75, 3.05) is 0 Å². The number of rotatable bonds is 5. The smallest absolute Gasteiger partial charge is 0.294 e. The zero-order chi connectivity index (χ0) is 18.4. The first-order valence-corrected chi connectivity index (χ1v) is 12.9. The average molecular weight is 371 g/mol.